The molecule has 19 heavy (non-hydrogen) atoms. The number of hydrogen-bond donors (Lipinski definition) is 2. The van der Waals surface area contributed by atoms with Crippen molar-refractivity contribution < 1.29 is 4.73 Å². The summed E-state index contributed by atoms with van der Waals surface area (Å²) in [7, 11) is 0. The van der Waals surface area contributed by atoms with Gasteiger partial charge in [0.2, 0.25) is 0 Å². The minimum absolute atomic E-state index is 0.613. The van der Waals surface area contributed by atoms with Gasteiger partial charge in [-0.1, -0.05) is 0 Å². The van der Waals surface area contributed by atoms with Crippen LogP contribution in [0.1, 0.15) is 0 Å². The molecule has 0 amide bonds. The van der Waals surface area contributed by atoms with Crippen molar-refractivity contribution in [3.8, 4) is 0 Å². The van der Waals surface area contributed by atoms with Gasteiger partial charge in [-0.3, -0.25) is 0 Å². The molecular weight excluding hydrogens is 240 g/mol. The Labute approximate surface area is 109 Å². The van der Waals surface area contributed by atoms with Crippen molar-refractivity contribution in [2.45, 2.75) is 0 Å². The number of nitrogens with zero attached hydrogens (tertiary/aromatic N) is 2. The zero-order valence-electron chi connectivity index (χ0n) is 10.1. The van der Waals surface area contributed by atoms with E-state index in [1.165, 1.54) is 6.20 Å². The Morgan fingerprint density at radius 3 is 2.58 bits per heavy atom. The van der Waals surface area contributed by atoms with Gasteiger partial charge in [0.05, 0.1) is 17.8 Å². The molecule has 0 radical (unpaired) electrons. The van der Waals surface area contributed by atoms with Gasteiger partial charge in [0.15, 0.2) is 0 Å². The summed E-state index contributed by atoms with van der Waals surface area (Å²) in [5.74, 6) is 0. The molecule has 4 aromatic rings. The lowest BCUT2D eigenvalue weighted by atomic mass is 10.3. The van der Waals surface area contributed by atoms with E-state index in [-0.39, 0.29) is 0 Å². The van der Waals surface area contributed by atoms with Crippen LogP contribution in [-0.2, 0) is 0 Å². The van der Waals surface area contributed by atoms with Crippen molar-refractivity contribution in [3.05, 3.63) is 66.4 Å². The monoisotopic (exact) mass is 252 g/mol. The van der Waals surface area contributed by atoms with Gasteiger partial charge in [-0.15, -0.1) is 0 Å². The van der Waals surface area contributed by atoms with Crippen LogP contribution in [0.4, 0.5) is 0 Å². The quantitative estimate of drug-likeness (QED) is 0.372. The van der Waals surface area contributed by atoms with Crippen LogP contribution in [-0.4, -0.2) is 15.0 Å². The van der Waals surface area contributed by atoms with Crippen LogP contribution in [0.5, 0.6) is 0 Å². The summed E-state index contributed by atoms with van der Waals surface area (Å²) >= 11 is 0. The maximum absolute atomic E-state index is 10.9. The highest BCUT2D eigenvalue weighted by atomic mass is 16.5. The molecular formula is C14H12N4O. The third-order valence-electron chi connectivity index (χ3n) is 2.80. The van der Waals surface area contributed by atoms with Gasteiger partial charge in [-0.2, -0.15) is 0 Å². The van der Waals surface area contributed by atoms with Crippen molar-refractivity contribution in [2.75, 3.05) is 0 Å². The highest BCUT2D eigenvalue weighted by molar-refractivity contribution is 5.74. The van der Waals surface area contributed by atoms with E-state index in [0.717, 1.165) is 21.2 Å². The molecule has 0 aromatic carbocycles. The van der Waals surface area contributed by atoms with Crippen LogP contribution in [0, 0.1) is 5.21 Å². The fraction of sp³-hybridized carbons (Fsp3) is 0. The van der Waals surface area contributed by atoms with Crippen LogP contribution >= 0.6 is 0 Å². The lowest BCUT2D eigenvalue weighted by Gasteiger charge is -1.98. The average molecular weight is 252 g/mol. The Hall–Kier alpha value is -2.82. The molecule has 0 atom stereocenters. The van der Waals surface area contributed by atoms with Gasteiger partial charge < -0.3 is 10.2 Å². The zero-order chi connectivity index (χ0) is 13.1. The molecule has 4 aromatic heterocycles. The highest BCUT2D eigenvalue weighted by Gasteiger charge is 1.99. The standard InChI is InChI=1S/C7H6N2O.C7H6N2/c10-9-5-1-2-6-3-4-8-7(6)9;1-2-6-3-5-9-7(6)8-4-1/h1-5,8H;1-5H,(H,8,9). The molecule has 4 heterocycles. The third kappa shape index (κ3) is 2.26. The predicted octanol–water partition coefficient (Wildman–Crippen LogP) is 2.36. The fourth-order valence-electron chi connectivity index (χ4n) is 1.88. The number of rotatable bonds is 0. The first-order chi connectivity index (χ1) is 9.34. The van der Waals surface area contributed by atoms with E-state index >= 15 is 0 Å². The smallest absolute Gasteiger partial charge is 0.289 e. The molecule has 0 bridgehead atoms. The van der Waals surface area contributed by atoms with E-state index in [2.05, 4.69) is 15.0 Å². The van der Waals surface area contributed by atoms with Gasteiger partial charge in [0, 0.05) is 17.8 Å². The van der Waals surface area contributed by atoms with Gasteiger partial charge >= 0.3 is 0 Å². The molecule has 0 fully saturated rings. The second-order valence-electron chi connectivity index (χ2n) is 4.03. The molecule has 5 heteroatoms. The largest absolute Gasteiger partial charge is 0.711 e. The van der Waals surface area contributed by atoms with E-state index in [9.17, 15) is 5.21 Å². The Morgan fingerprint density at radius 2 is 1.74 bits per heavy atom. The lowest BCUT2D eigenvalue weighted by molar-refractivity contribution is -0.579. The summed E-state index contributed by atoms with van der Waals surface area (Å²) in [6.45, 7) is 0. The van der Waals surface area contributed by atoms with Crippen LogP contribution in [0.25, 0.3) is 22.1 Å². The number of fused-ring (bicyclic) bond motifs is 2. The van der Waals surface area contributed by atoms with E-state index in [1.807, 2.05) is 36.5 Å². The Morgan fingerprint density at radius 1 is 0.947 bits per heavy atom. The van der Waals surface area contributed by atoms with Crippen LogP contribution in [0.15, 0.2) is 61.2 Å². The van der Waals surface area contributed by atoms with Crippen molar-refractivity contribution in [1.82, 2.24) is 15.0 Å². The first kappa shape index (κ1) is 11.3. The third-order valence-corrected chi connectivity index (χ3v) is 2.80. The van der Waals surface area contributed by atoms with Crippen molar-refractivity contribution in [2.24, 2.45) is 0 Å². The summed E-state index contributed by atoms with van der Waals surface area (Å²) in [5, 5.41) is 13.0. The molecule has 4 rings (SSSR count). The van der Waals surface area contributed by atoms with E-state index in [4.69, 9.17) is 0 Å². The van der Waals surface area contributed by atoms with Crippen LogP contribution < -0.4 is 4.73 Å². The second-order valence-corrected chi connectivity index (χ2v) is 4.03. The molecule has 0 aliphatic rings. The van der Waals surface area contributed by atoms with Gasteiger partial charge in [-0.05, 0) is 36.4 Å². The Kier molecular flexibility index (Phi) is 2.86. The minimum atomic E-state index is 0.613. The van der Waals surface area contributed by atoms with Crippen LogP contribution in [0.2, 0.25) is 0 Å². The molecule has 0 unspecified atom stereocenters. The zero-order valence-corrected chi connectivity index (χ0v) is 10.1. The first-order valence-corrected chi connectivity index (χ1v) is 5.88. The number of pyridine rings is 2. The number of hydrogen-bond acceptors (Lipinski definition) is 2. The summed E-state index contributed by atoms with van der Waals surface area (Å²) in [4.78, 5) is 9.93. The predicted molar refractivity (Wildman–Crippen MR) is 73.4 cm³/mol. The van der Waals surface area contributed by atoms with E-state index < -0.39 is 0 Å². The number of aromatic nitrogens is 4. The maximum Gasteiger partial charge on any atom is 0.289 e. The summed E-state index contributed by atoms with van der Waals surface area (Å²) in [6.07, 6.45) is 6.88. The maximum atomic E-state index is 10.9. The van der Waals surface area contributed by atoms with Crippen molar-refractivity contribution in [3.63, 3.8) is 0 Å². The molecule has 2 N–H and O–H groups in total. The van der Waals surface area contributed by atoms with E-state index in [1.54, 1.807) is 18.5 Å². The highest BCUT2D eigenvalue weighted by Crippen LogP contribution is 2.06. The average Bonchev–Trinajstić information content (AvgIpc) is 3.08. The lowest BCUT2D eigenvalue weighted by Crippen LogP contribution is -2.25. The first-order valence-electron chi connectivity index (χ1n) is 5.88. The summed E-state index contributed by atoms with van der Waals surface area (Å²) < 4.78 is 0.815. The SMILES string of the molecule is [O-][n+]1cccc2cc[nH]c21.c1cnc2[nH]ccc2c1. The normalized spacial score (nSPS) is 10.3. The molecule has 0 saturated heterocycles. The van der Waals surface area contributed by atoms with E-state index in [0.29, 0.717) is 5.65 Å². The van der Waals surface area contributed by atoms with Gasteiger partial charge in [0.25, 0.3) is 5.65 Å². The van der Waals surface area contributed by atoms with Gasteiger partial charge in [-0.25, -0.2) is 14.7 Å². The second kappa shape index (κ2) is 4.81. The van der Waals surface area contributed by atoms with Gasteiger partial charge in [0.1, 0.15) is 5.65 Å². The molecule has 0 aliphatic heterocycles. The molecule has 5 nitrogen and oxygen atoms in total. The number of H-pyrrole nitrogens is 2. The summed E-state index contributed by atoms with van der Waals surface area (Å²) in [5.41, 5.74) is 1.57. The Bertz CT molecular complexity index is 773. The Balaban J connectivity index is 0.000000117. The minimum Gasteiger partial charge on any atom is -0.711 e. The number of nitrogens with one attached hydrogen (secondary N) is 2. The molecule has 0 spiro atoms. The molecule has 0 aliphatic carbocycles. The number of aromatic amines is 2. The fourth-order valence-corrected chi connectivity index (χ4v) is 1.88. The molecule has 94 valence electrons. The summed E-state index contributed by atoms with van der Waals surface area (Å²) in [6, 6.07) is 11.4. The topological polar surface area (TPSA) is 71.4 Å². The van der Waals surface area contributed by atoms with Crippen molar-refractivity contribution in [1.29, 1.82) is 0 Å². The van der Waals surface area contributed by atoms with Crippen LogP contribution in [0.3, 0.4) is 0 Å². The molecule has 0 saturated carbocycles. The van der Waals surface area contributed by atoms with Crippen molar-refractivity contribution >= 4 is 22.1 Å².